The zero-order valence-electron chi connectivity index (χ0n) is 7.30. The van der Waals surface area contributed by atoms with Crippen molar-refractivity contribution in [3.63, 3.8) is 0 Å². The van der Waals surface area contributed by atoms with Crippen LogP contribution < -0.4 is 5.90 Å². The second kappa shape index (κ2) is 6.51. The fourth-order valence-electron chi connectivity index (χ4n) is 0.373. The fourth-order valence-corrected chi connectivity index (χ4v) is 0.846. The van der Waals surface area contributed by atoms with Crippen molar-refractivity contribution >= 4 is 12.0 Å². The highest BCUT2D eigenvalue weighted by Crippen LogP contribution is 2.15. The summed E-state index contributed by atoms with van der Waals surface area (Å²) in [7, 11) is 0. The molecule has 80 valence electrons. The normalized spacial score (nSPS) is 12.5. The number of hydrogen-bond donors (Lipinski definition) is 3. The van der Waals surface area contributed by atoms with Crippen LogP contribution in [0.4, 0.5) is 0 Å². The fraction of sp³-hybridized carbons (Fsp3) is 1.00. The van der Waals surface area contributed by atoms with Gasteiger partial charge in [0.05, 0.1) is 18.6 Å². The zero-order chi connectivity index (χ0) is 10.3. The minimum absolute atomic E-state index is 0.0681. The second-order valence-electron chi connectivity index (χ2n) is 2.69. The topological polar surface area (TPSA) is 103 Å². The van der Waals surface area contributed by atoms with Crippen LogP contribution in [0.25, 0.3) is 0 Å². The number of hydrogen-bond acceptors (Lipinski definition) is 8. The Balaban J connectivity index is 3.50. The van der Waals surface area contributed by atoms with Gasteiger partial charge in [0, 0.05) is 0 Å². The second-order valence-corrected chi connectivity index (χ2v) is 3.54. The van der Waals surface area contributed by atoms with E-state index < -0.39 is 11.2 Å². The molecular formula is C5H13NO6S. The molecule has 0 radical (unpaired) electrons. The molecule has 0 heterocycles. The Morgan fingerprint density at radius 1 is 1.46 bits per heavy atom. The highest BCUT2D eigenvalue weighted by molar-refractivity contribution is 7.94. The van der Waals surface area contributed by atoms with Gasteiger partial charge >= 0.3 is 0 Å². The summed E-state index contributed by atoms with van der Waals surface area (Å²) in [6.45, 7) is 3.34. The molecule has 0 saturated carbocycles. The van der Waals surface area contributed by atoms with E-state index in [1.165, 1.54) is 0 Å². The van der Waals surface area contributed by atoms with Gasteiger partial charge in [-0.1, -0.05) is 0 Å². The Bertz CT molecular complexity index is 132. The van der Waals surface area contributed by atoms with E-state index in [1.807, 2.05) is 0 Å². The minimum atomic E-state index is -1.58. The molecule has 0 atom stereocenters. The van der Waals surface area contributed by atoms with Crippen molar-refractivity contribution in [2.24, 2.45) is 5.90 Å². The molecule has 0 aromatic heterocycles. The van der Waals surface area contributed by atoms with Crippen LogP contribution in [0.15, 0.2) is 0 Å². The lowest BCUT2D eigenvalue weighted by Gasteiger charge is -2.20. The Kier molecular flexibility index (Phi) is 6.55. The third-order valence-electron chi connectivity index (χ3n) is 0.860. The number of nitrogens with two attached hydrogens (primary N) is 1. The van der Waals surface area contributed by atoms with Crippen LogP contribution >= 0.6 is 12.0 Å². The van der Waals surface area contributed by atoms with E-state index in [0.29, 0.717) is 12.0 Å². The lowest BCUT2D eigenvalue weighted by molar-refractivity contribution is -0.544. The van der Waals surface area contributed by atoms with Gasteiger partial charge in [0.25, 0.3) is 0 Å². The third kappa shape index (κ3) is 8.40. The van der Waals surface area contributed by atoms with Gasteiger partial charge in [-0.15, -0.1) is 4.99 Å². The predicted octanol–water partition coefficient (Wildman–Crippen LogP) is -0.548. The van der Waals surface area contributed by atoms with Gasteiger partial charge in [0.15, 0.2) is 0 Å². The maximum atomic E-state index is 8.40. The van der Waals surface area contributed by atoms with Crippen LogP contribution in [-0.2, 0) is 19.1 Å². The van der Waals surface area contributed by atoms with Gasteiger partial charge in [-0.2, -0.15) is 10.8 Å². The van der Waals surface area contributed by atoms with Crippen molar-refractivity contribution in [2.75, 3.05) is 6.61 Å². The number of aliphatic hydroxyl groups is 2. The van der Waals surface area contributed by atoms with Crippen LogP contribution in [0.2, 0.25) is 0 Å². The van der Waals surface area contributed by atoms with Crippen LogP contribution in [0, 0.1) is 0 Å². The van der Waals surface area contributed by atoms with E-state index in [4.69, 9.17) is 14.4 Å². The molecule has 4 N–H and O–H groups in total. The molecule has 0 rings (SSSR count). The summed E-state index contributed by atoms with van der Waals surface area (Å²) >= 11 is 0.495. The van der Waals surface area contributed by atoms with E-state index in [1.54, 1.807) is 13.8 Å². The summed E-state index contributed by atoms with van der Waals surface area (Å²) in [5, 5.41) is 20.8. The van der Waals surface area contributed by atoms with Crippen LogP contribution in [-0.4, -0.2) is 28.0 Å². The first kappa shape index (κ1) is 13.1. The summed E-state index contributed by atoms with van der Waals surface area (Å²) < 4.78 is 4.77. The zero-order valence-corrected chi connectivity index (χ0v) is 8.11. The van der Waals surface area contributed by atoms with Crippen molar-refractivity contribution in [2.45, 2.75) is 25.1 Å². The molecule has 0 fully saturated rings. The van der Waals surface area contributed by atoms with E-state index in [0.717, 1.165) is 0 Å². The van der Waals surface area contributed by atoms with Crippen molar-refractivity contribution in [3.8, 4) is 0 Å². The Morgan fingerprint density at radius 3 is 2.54 bits per heavy atom. The summed E-state index contributed by atoms with van der Waals surface area (Å²) in [5.74, 6) is 4.54. The maximum Gasteiger partial charge on any atom is 0.227 e. The van der Waals surface area contributed by atoms with Crippen LogP contribution in [0.1, 0.15) is 13.8 Å². The van der Waals surface area contributed by atoms with E-state index >= 15 is 0 Å². The standard InChI is InChI=1S/C5H13NO6S/c1-5(2,10-12-11-6)3-9-13-4(7)8/h4,7-8H,3,6H2,1-2H3. The van der Waals surface area contributed by atoms with Crippen molar-refractivity contribution in [1.29, 1.82) is 0 Å². The average molecular weight is 215 g/mol. The molecule has 0 aliphatic rings. The summed E-state index contributed by atoms with van der Waals surface area (Å²) in [6, 6.07) is 0. The highest BCUT2D eigenvalue weighted by atomic mass is 32.2. The molecule has 7 nitrogen and oxygen atoms in total. The van der Waals surface area contributed by atoms with Crippen LogP contribution in [0.5, 0.6) is 0 Å². The van der Waals surface area contributed by atoms with Crippen molar-refractivity contribution in [1.82, 2.24) is 0 Å². The van der Waals surface area contributed by atoms with Gasteiger partial charge < -0.3 is 14.4 Å². The Hall–Kier alpha value is 0.0700. The average Bonchev–Trinajstić information content (AvgIpc) is 2.00. The maximum absolute atomic E-state index is 8.40. The number of aliphatic hydroxyl groups excluding tert-OH is 1. The van der Waals surface area contributed by atoms with Crippen molar-refractivity contribution in [3.05, 3.63) is 0 Å². The Morgan fingerprint density at radius 2 is 2.08 bits per heavy atom. The molecule has 0 aromatic rings. The quantitative estimate of drug-likeness (QED) is 0.225. The molecule has 0 bridgehead atoms. The molecule has 8 heteroatoms. The lowest BCUT2D eigenvalue weighted by Crippen LogP contribution is -2.30. The van der Waals surface area contributed by atoms with Gasteiger partial charge in [-0.25, -0.2) is 0 Å². The first-order valence-electron chi connectivity index (χ1n) is 3.33. The van der Waals surface area contributed by atoms with E-state index in [2.05, 4.69) is 20.8 Å². The van der Waals surface area contributed by atoms with Gasteiger partial charge in [0.1, 0.15) is 5.60 Å². The lowest BCUT2D eigenvalue weighted by atomic mass is 10.2. The molecule has 0 aromatic carbocycles. The SMILES string of the molecule is CC(C)(COSC(O)O)OOON. The molecule has 0 saturated heterocycles. The smallest absolute Gasteiger partial charge is 0.227 e. The molecule has 0 spiro atoms. The summed E-state index contributed by atoms with van der Waals surface area (Å²) in [4.78, 5) is 8.33. The summed E-state index contributed by atoms with van der Waals surface area (Å²) in [6.07, 6.45) is 0. The highest BCUT2D eigenvalue weighted by Gasteiger charge is 2.22. The largest absolute Gasteiger partial charge is 0.358 e. The first-order valence-corrected chi connectivity index (χ1v) is 4.14. The first-order chi connectivity index (χ1) is 5.98. The molecule has 0 aliphatic carbocycles. The van der Waals surface area contributed by atoms with Crippen molar-refractivity contribution < 1.29 is 29.3 Å². The molecule has 0 unspecified atom stereocenters. The van der Waals surface area contributed by atoms with Gasteiger partial charge in [0.2, 0.25) is 5.62 Å². The predicted molar refractivity (Wildman–Crippen MR) is 43.3 cm³/mol. The van der Waals surface area contributed by atoms with E-state index in [9.17, 15) is 0 Å². The van der Waals surface area contributed by atoms with Gasteiger partial charge in [-0.3, -0.25) is 0 Å². The third-order valence-corrected chi connectivity index (χ3v) is 1.29. The Labute approximate surface area is 79.7 Å². The minimum Gasteiger partial charge on any atom is -0.358 e. The van der Waals surface area contributed by atoms with Gasteiger partial charge in [-0.05, 0) is 18.9 Å². The number of rotatable bonds is 7. The van der Waals surface area contributed by atoms with E-state index in [-0.39, 0.29) is 6.61 Å². The molecule has 0 aliphatic heterocycles. The molecule has 0 amide bonds. The molecule has 13 heavy (non-hydrogen) atoms. The monoisotopic (exact) mass is 215 g/mol. The summed E-state index contributed by atoms with van der Waals surface area (Å²) in [5.41, 5.74) is -2.39. The van der Waals surface area contributed by atoms with Crippen LogP contribution in [0.3, 0.4) is 0 Å². The molecular weight excluding hydrogens is 202 g/mol.